The van der Waals surface area contributed by atoms with E-state index in [0.29, 0.717) is 5.56 Å². The van der Waals surface area contributed by atoms with Gasteiger partial charge in [-0.1, -0.05) is 30.3 Å². The molecule has 2 rings (SSSR count). The largest absolute Gasteiger partial charge is 0.478 e. The lowest BCUT2D eigenvalue weighted by atomic mass is 9.95. The number of carbonyl (C=O) groups excluding carboxylic acids is 2. The second kappa shape index (κ2) is 7.43. The molecule has 25 heavy (non-hydrogen) atoms. The maximum Gasteiger partial charge on any atom is 0.339 e. The predicted molar refractivity (Wildman–Crippen MR) is 87.6 cm³/mol. The number of nitrogens with one attached hydrogen (secondary N) is 1. The summed E-state index contributed by atoms with van der Waals surface area (Å²) in [5, 5.41) is 11.6. The number of rotatable bonds is 5. The predicted octanol–water partition coefficient (Wildman–Crippen LogP) is 1.68. The SMILES string of the molecule is COC(=O)CNC(=O)c1cc(-c2ccccc2)c(C(=O)O)c(F)c1N. The second-order valence-electron chi connectivity index (χ2n) is 5.00. The Kier molecular flexibility index (Phi) is 5.33. The van der Waals surface area contributed by atoms with Crippen molar-refractivity contribution in [3.8, 4) is 11.1 Å². The maximum absolute atomic E-state index is 14.5. The topological polar surface area (TPSA) is 119 Å². The van der Waals surface area contributed by atoms with E-state index in [1.807, 2.05) is 0 Å². The number of carboxylic acids is 1. The van der Waals surface area contributed by atoms with Crippen molar-refractivity contribution >= 4 is 23.5 Å². The Bertz CT molecular complexity index is 837. The van der Waals surface area contributed by atoms with Gasteiger partial charge in [-0.15, -0.1) is 0 Å². The van der Waals surface area contributed by atoms with E-state index >= 15 is 0 Å². The van der Waals surface area contributed by atoms with E-state index in [1.54, 1.807) is 30.3 Å². The number of halogens is 1. The highest BCUT2D eigenvalue weighted by molar-refractivity contribution is 6.06. The zero-order chi connectivity index (χ0) is 18.6. The van der Waals surface area contributed by atoms with Crippen molar-refractivity contribution < 1.29 is 28.6 Å². The summed E-state index contributed by atoms with van der Waals surface area (Å²) in [4.78, 5) is 34.7. The number of aromatic carboxylic acids is 1. The van der Waals surface area contributed by atoms with Gasteiger partial charge in [0.05, 0.1) is 18.4 Å². The molecule has 2 aromatic carbocycles. The molecular weight excluding hydrogens is 331 g/mol. The molecule has 0 saturated carbocycles. The Morgan fingerprint density at radius 2 is 1.88 bits per heavy atom. The lowest BCUT2D eigenvalue weighted by Crippen LogP contribution is -2.31. The van der Waals surface area contributed by atoms with Gasteiger partial charge < -0.3 is 20.9 Å². The van der Waals surface area contributed by atoms with E-state index in [-0.39, 0.29) is 11.1 Å². The number of ether oxygens (including phenoxy) is 1. The molecular formula is C17H15FN2O5. The number of carbonyl (C=O) groups is 3. The van der Waals surface area contributed by atoms with Crippen molar-refractivity contribution in [2.75, 3.05) is 19.4 Å². The number of carboxylic acid groups (broad SMARTS) is 1. The van der Waals surface area contributed by atoms with Crippen LogP contribution in [-0.4, -0.2) is 36.6 Å². The molecule has 0 heterocycles. The van der Waals surface area contributed by atoms with Crippen LogP contribution in [0.15, 0.2) is 36.4 Å². The third-order valence-corrected chi connectivity index (χ3v) is 3.47. The number of benzene rings is 2. The van der Waals surface area contributed by atoms with Crippen LogP contribution in [0.5, 0.6) is 0 Å². The first-order chi connectivity index (χ1) is 11.9. The normalized spacial score (nSPS) is 10.2. The fourth-order valence-corrected chi connectivity index (χ4v) is 2.23. The minimum atomic E-state index is -1.51. The number of amides is 1. The van der Waals surface area contributed by atoms with Crippen molar-refractivity contribution in [3.63, 3.8) is 0 Å². The highest BCUT2D eigenvalue weighted by Crippen LogP contribution is 2.31. The molecule has 130 valence electrons. The molecule has 0 unspecified atom stereocenters. The van der Waals surface area contributed by atoms with E-state index < -0.39 is 41.5 Å². The van der Waals surface area contributed by atoms with Crippen LogP contribution in [-0.2, 0) is 9.53 Å². The molecule has 7 nitrogen and oxygen atoms in total. The van der Waals surface area contributed by atoms with Crippen LogP contribution in [0.2, 0.25) is 0 Å². The molecule has 0 aliphatic carbocycles. The van der Waals surface area contributed by atoms with E-state index in [9.17, 15) is 23.9 Å². The number of anilines is 1. The number of nitrogen functional groups attached to an aromatic ring is 1. The fraction of sp³-hybridized carbons (Fsp3) is 0.118. The van der Waals surface area contributed by atoms with Crippen LogP contribution in [0.1, 0.15) is 20.7 Å². The van der Waals surface area contributed by atoms with Crippen LogP contribution in [0.25, 0.3) is 11.1 Å². The van der Waals surface area contributed by atoms with Gasteiger partial charge in [0.15, 0.2) is 5.82 Å². The maximum atomic E-state index is 14.5. The standard InChI is InChI=1S/C17H15FN2O5/c1-25-12(21)8-20-16(22)11-7-10(9-5-3-2-4-6-9)13(17(23)24)14(18)15(11)19/h2-7H,8,19H2,1H3,(H,20,22)(H,23,24). The Hall–Kier alpha value is -3.42. The molecule has 0 radical (unpaired) electrons. The first kappa shape index (κ1) is 17.9. The first-order valence-electron chi connectivity index (χ1n) is 7.12. The number of methoxy groups -OCH3 is 1. The Morgan fingerprint density at radius 3 is 2.44 bits per heavy atom. The van der Waals surface area contributed by atoms with Gasteiger partial charge in [-0.3, -0.25) is 9.59 Å². The molecule has 4 N–H and O–H groups in total. The molecule has 0 aromatic heterocycles. The quantitative estimate of drug-likeness (QED) is 0.560. The summed E-state index contributed by atoms with van der Waals surface area (Å²) in [6, 6.07) is 9.34. The monoisotopic (exact) mass is 346 g/mol. The highest BCUT2D eigenvalue weighted by Gasteiger charge is 2.25. The summed E-state index contributed by atoms with van der Waals surface area (Å²) >= 11 is 0. The van der Waals surface area contributed by atoms with Crippen LogP contribution in [0.4, 0.5) is 10.1 Å². The van der Waals surface area contributed by atoms with Crippen LogP contribution >= 0.6 is 0 Å². The molecule has 0 atom stereocenters. The average Bonchev–Trinajstić information content (AvgIpc) is 2.61. The fourth-order valence-electron chi connectivity index (χ4n) is 2.23. The van der Waals surface area contributed by atoms with Gasteiger partial charge in [0.1, 0.15) is 12.1 Å². The molecule has 0 fully saturated rings. The average molecular weight is 346 g/mol. The van der Waals surface area contributed by atoms with Crippen molar-refractivity contribution in [1.82, 2.24) is 5.32 Å². The van der Waals surface area contributed by atoms with Gasteiger partial charge in [0.25, 0.3) is 5.91 Å². The minimum absolute atomic E-state index is 0.00279. The summed E-state index contributed by atoms with van der Waals surface area (Å²) in [6.45, 7) is -0.433. The summed E-state index contributed by atoms with van der Waals surface area (Å²) in [5.74, 6) is -4.24. The van der Waals surface area contributed by atoms with E-state index in [4.69, 9.17) is 5.73 Å². The Balaban J connectivity index is 2.56. The number of hydrogen-bond donors (Lipinski definition) is 3. The molecule has 1 amide bonds. The first-order valence-corrected chi connectivity index (χ1v) is 7.12. The van der Waals surface area contributed by atoms with Crippen LogP contribution in [0, 0.1) is 5.82 Å². The van der Waals surface area contributed by atoms with Gasteiger partial charge in [-0.05, 0) is 11.6 Å². The number of hydrogen-bond acceptors (Lipinski definition) is 5. The van der Waals surface area contributed by atoms with Crippen molar-refractivity contribution in [2.24, 2.45) is 0 Å². The molecule has 8 heteroatoms. The van der Waals surface area contributed by atoms with Crippen LogP contribution in [0.3, 0.4) is 0 Å². The van der Waals surface area contributed by atoms with Crippen molar-refractivity contribution in [3.05, 3.63) is 53.3 Å². The lowest BCUT2D eigenvalue weighted by Gasteiger charge is -2.14. The smallest absolute Gasteiger partial charge is 0.339 e. The zero-order valence-corrected chi connectivity index (χ0v) is 13.2. The molecule has 0 aliphatic rings. The Morgan fingerprint density at radius 1 is 1.24 bits per heavy atom. The minimum Gasteiger partial charge on any atom is -0.478 e. The molecule has 0 saturated heterocycles. The van der Waals surface area contributed by atoms with Gasteiger partial charge in [-0.2, -0.15) is 0 Å². The molecule has 2 aromatic rings. The molecule has 0 bridgehead atoms. The zero-order valence-electron chi connectivity index (χ0n) is 13.2. The lowest BCUT2D eigenvalue weighted by molar-refractivity contribution is -0.139. The molecule has 0 aliphatic heterocycles. The summed E-state index contributed by atoms with van der Waals surface area (Å²) in [5.41, 5.74) is 4.48. The second-order valence-corrected chi connectivity index (χ2v) is 5.00. The Labute approximate surface area is 142 Å². The third kappa shape index (κ3) is 3.74. The summed E-state index contributed by atoms with van der Waals surface area (Å²) in [6.07, 6.45) is 0. The van der Waals surface area contributed by atoms with Gasteiger partial charge >= 0.3 is 11.9 Å². The van der Waals surface area contributed by atoms with Gasteiger partial charge in [0.2, 0.25) is 0 Å². The van der Waals surface area contributed by atoms with Gasteiger partial charge in [0, 0.05) is 5.56 Å². The van der Waals surface area contributed by atoms with Crippen LogP contribution < -0.4 is 11.1 Å². The summed E-state index contributed by atoms with van der Waals surface area (Å²) in [7, 11) is 1.15. The number of nitrogens with two attached hydrogens (primary N) is 1. The van der Waals surface area contributed by atoms with E-state index in [2.05, 4.69) is 10.1 Å². The highest BCUT2D eigenvalue weighted by atomic mass is 19.1. The summed E-state index contributed by atoms with van der Waals surface area (Å²) < 4.78 is 18.9. The van der Waals surface area contributed by atoms with Crippen molar-refractivity contribution in [2.45, 2.75) is 0 Å². The molecule has 0 spiro atoms. The van der Waals surface area contributed by atoms with E-state index in [0.717, 1.165) is 7.11 Å². The van der Waals surface area contributed by atoms with E-state index in [1.165, 1.54) is 6.07 Å². The number of esters is 1. The van der Waals surface area contributed by atoms with Crippen molar-refractivity contribution in [1.29, 1.82) is 0 Å². The third-order valence-electron chi connectivity index (χ3n) is 3.47. The van der Waals surface area contributed by atoms with Gasteiger partial charge in [-0.25, -0.2) is 9.18 Å².